The van der Waals surface area contributed by atoms with Crippen LogP contribution in [0.25, 0.3) is 0 Å². The van der Waals surface area contributed by atoms with Gasteiger partial charge in [0.05, 0.1) is 0 Å². The van der Waals surface area contributed by atoms with Gasteiger partial charge in [0.1, 0.15) is 0 Å². The molecule has 0 saturated heterocycles. The van der Waals surface area contributed by atoms with Crippen molar-refractivity contribution < 1.29 is 4.79 Å². The number of hydrogen-bond acceptors (Lipinski definition) is 3. The van der Waals surface area contributed by atoms with Crippen LogP contribution in [0.2, 0.25) is 0 Å². The molecule has 0 aliphatic rings. The van der Waals surface area contributed by atoms with Crippen LogP contribution in [0.1, 0.15) is 28.4 Å². The Morgan fingerprint density at radius 3 is 2.43 bits per heavy atom. The smallest absolute Gasteiger partial charge is 0.251 e. The molecule has 0 saturated carbocycles. The Bertz CT molecular complexity index is 797. The quantitative estimate of drug-likeness (QED) is 0.269. The van der Waals surface area contributed by atoms with Crippen molar-refractivity contribution in [3.8, 4) is 0 Å². The van der Waals surface area contributed by atoms with Crippen molar-refractivity contribution in [3.05, 3.63) is 71.3 Å². The number of guanidine groups is 1. The molecule has 6 nitrogen and oxygen atoms in total. The Kier molecular flexibility index (Phi) is 12.1. The average Bonchev–Trinajstić information content (AvgIpc) is 2.76. The molecule has 0 bridgehead atoms. The fraction of sp³-hybridized carbons (Fsp3) is 0.391. The van der Waals surface area contributed by atoms with E-state index in [-0.39, 0.29) is 29.9 Å². The lowest BCUT2D eigenvalue weighted by atomic mass is 10.1. The number of amides is 1. The summed E-state index contributed by atoms with van der Waals surface area (Å²) in [6.07, 6.45) is 0.814. The maximum Gasteiger partial charge on any atom is 0.251 e. The Hall–Kier alpha value is -2.13. The number of benzene rings is 2. The molecule has 0 fully saturated rings. The van der Waals surface area contributed by atoms with Crippen molar-refractivity contribution >= 4 is 35.8 Å². The van der Waals surface area contributed by atoms with Gasteiger partial charge in [-0.25, -0.2) is 0 Å². The first kappa shape index (κ1) is 25.9. The first-order valence-corrected chi connectivity index (χ1v) is 10.0. The SMILES string of the molecule is CN=C(NCCc1cccc(C(=O)NC)c1)NCC(C)N(C)Cc1ccccc1.I. The van der Waals surface area contributed by atoms with Gasteiger partial charge >= 0.3 is 0 Å². The number of nitrogens with one attached hydrogen (secondary N) is 3. The van der Waals surface area contributed by atoms with E-state index in [2.05, 4.69) is 64.1 Å². The van der Waals surface area contributed by atoms with E-state index in [1.807, 2.05) is 30.3 Å². The zero-order chi connectivity index (χ0) is 21.1. The summed E-state index contributed by atoms with van der Waals surface area (Å²) in [5, 5.41) is 9.39. The summed E-state index contributed by atoms with van der Waals surface area (Å²) in [7, 11) is 5.55. The number of carbonyl (C=O) groups excluding carboxylic acids is 1. The van der Waals surface area contributed by atoms with Gasteiger partial charge in [0.25, 0.3) is 5.91 Å². The van der Waals surface area contributed by atoms with Gasteiger partial charge in [-0.1, -0.05) is 42.5 Å². The van der Waals surface area contributed by atoms with E-state index < -0.39 is 0 Å². The van der Waals surface area contributed by atoms with Gasteiger partial charge in [-0.15, -0.1) is 24.0 Å². The largest absolute Gasteiger partial charge is 0.356 e. The molecule has 0 aliphatic heterocycles. The van der Waals surface area contributed by atoms with Crippen LogP contribution in [0.5, 0.6) is 0 Å². The molecule has 0 spiro atoms. The Morgan fingerprint density at radius 2 is 1.77 bits per heavy atom. The van der Waals surface area contributed by atoms with Crippen LogP contribution in [0.15, 0.2) is 59.6 Å². The Balaban J connectivity index is 0.00000450. The summed E-state index contributed by atoms with van der Waals surface area (Å²) in [6.45, 7) is 4.66. The number of aliphatic imine (C=N–C) groups is 1. The van der Waals surface area contributed by atoms with E-state index in [9.17, 15) is 4.79 Å². The van der Waals surface area contributed by atoms with Crippen molar-refractivity contribution in [2.45, 2.75) is 25.9 Å². The highest BCUT2D eigenvalue weighted by Crippen LogP contribution is 2.06. The predicted molar refractivity (Wildman–Crippen MR) is 136 cm³/mol. The molecule has 3 N–H and O–H groups in total. The Labute approximate surface area is 197 Å². The molecule has 1 atom stereocenters. The van der Waals surface area contributed by atoms with Crippen molar-refractivity contribution in [2.75, 3.05) is 34.2 Å². The maximum atomic E-state index is 11.8. The predicted octanol–water partition coefficient (Wildman–Crippen LogP) is 2.89. The van der Waals surface area contributed by atoms with Crippen molar-refractivity contribution in [2.24, 2.45) is 4.99 Å². The summed E-state index contributed by atoms with van der Waals surface area (Å²) < 4.78 is 0. The fourth-order valence-corrected chi connectivity index (χ4v) is 2.99. The monoisotopic (exact) mass is 523 g/mol. The van der Waals surface area contributed by atoms with E-state index in [1.165, 1.54) is 5.56 Å². The third kappa shape index (κ3) is 8.71. The summed E-state index contributed by atoms with van der Waals surface area (Å²) in [5.41, 5.74) is 3.11. The van der Waals surface area contributed by atoms with Gasteiger partial charge in [0.2, 0.25) is 0 Å². The molecule has 0 aromatic heterocycles. The van der Waals surface area contributed by atoms with Crippen LogP contribution in [0, 0.1) is 0 Å². The fourth-order valence-electron chi connectivity index (χ4n) is 2.99. The van der Waals surface area contributed by atoms with Gasteiger partial charge in [0.15, 0.2) is 5.96 Å². The highest BCUT2D eigenvalue weighted by atomic mass is 127. The van der Waals surface area contributed by atoms with Crippen LogP contribution in [0.3, 0.4) is 0 Å². The van der Waals surface area contributed by atoms with Crippen molar-refractivity contribution in [1.29, 1.82) is 0 Å². The molecule has 1 unspecified atom stereocenters. The minimum atomic E-state index is -0.0640. The standard InChI is InChI=1S/C23H33N5O.HI/c1-18(28(4)17-20-9-6-5-7-10-20)16-27-23(25-3)26-14-13-19-11-8-12-21(15-19)22(29)24-2;/h5-12,15,18H,13-14,16-17H2,1-4H3,(H,24,29)(H2,25,26,27);1H. The third-order valence-corrected chi connectivity index (χ3v) is 4.94. The van der Waals surface area contributed by atoms with E-state index in [0.29, 0.717) is 11.6 Å². The average molecular weight is 523 g/mol. The minimum Gasteiger partial charge on any atom is -0.356 e. The lowest BCUT2D eigenvalue weighted by molar-refractivity contribution is 0.0963. The number of likely N-dealkylation sites (N-methyl/N-ethyl adjacent to an activating group) is 1. The van der Waals surface area contributed by atoms with E-state index in [4.69, 9.17) is 0 Å². The molecular formula is C23H34IN5O. The molecule has 0 aliphatic carbocycles. The number of nitrogens with zero attached hydrogens (tertiary/aromatic N) is 2. The molecular weight excluding hydrogens is 489 g/mol. The van der Waals surface area contributed by atoms with Gasteiger partial charge in [-0.2, -0.15) is 0 Å². The molecule has 0 heterocycles. The van der Waals surface area contributed by atoms with Gasteiger partial charge in [-0.05, 0) is 43.7 Å². The maximum absolute atomic E-state index is 11.8. The second kappa shape index (κ2) is 14.0. The number of hydrogen-bond donors (Lipinski definition) is 3. The van der Waals surface area contributed by atoms with Crippen molar-refractivity contribution in [3.63, 3.8) is 0 Å². The summed E-state index contributed by atoms with van der Waals surface area (Å²) in [4.78, 5) is 18.4. The first-order valence-electron chi connectivity index (χ1n) is 10.0. The molecule has 2 aromatic rings. The van der Waals surface area contributed by atoms with Gasteiger partial charge in [-0.3, -0.25) is 14.7 Å². The van der Waals surface area contributed by atoms with Gasteiger partial charge in [0, 0.05) is 45.3 Å². The van der Waals surface area contributed by atoms with E-state index >= 15 is 0 Å². The van der Waals surface area contributed by atoms with Crippen LogP contribution < -0.4 is 16.0 Å². The summed E-state index contributed by atoms with van der Waals surface area (Å²) in [6, 6.07) is 18.5. The lowest BCUT2D eigenvalue weighted by Gasteiger charge is -2.25. The first-order chi connectivity index (χ1) is 14.0. The molecule has 164 valence electrons. The zero-order valence-electron chi connectivity index (χ0n) is 18.3. The zero-order valence-corrected chi connectivity index (χ0v) is 20.6. The molecule has 2 rings (SSSR count). The van der Waals surface area contributed by atoms with Crippen LogP contribution >= 0.6 is 24.0 Å². The lowest BCUT2D eigenvalue weighted by Crippen LogP contribution is -2.45. The molecule has 0 radical (unpaired) electrons. The van der Waals surface area contributed by atoms with Crippen LogP contribution in [-0.4, -0.2) is 57.0 Å². The number of halogens is 1. The van der Waals surface area contributed by atoms with Crippen LogP contribution in [-0.2, 0) is 13.0 Å². The molecule has 2 aromatic carbocycles. The van der Waals surface area contributed by atoms with Gasteiger partial charge < -0.3 is 16.0 Å². The molecule has 1 amide bonds. The topological polar surface area (TPSA) is 68.8 Å². The molecule has 7 heteroatoms. The van der Waals surface area contributed by atoms with Crippen molar-refractivity contribution in [1.82, 2.24) is 20.9 Å². The summed E-state index contributed by atoms with van der Waals surface area (Å²) in [5.74, 6) is 0.721. The summed E-state index contributed by atoms with van der Waals surface area (Å²) >= 11 is 0. The Morgan fingerprint density at radius 1 is 1.07 bits per heavy atom. The number of carbonyl (C=O) groups is 1. The highest BCUT2D eigenvalue weighted by molar-refractivity contribution is 14.0. The highest BCUT2D eigenvalue weighted by Gasteiger charge is 2.10. The third-order valence-electron chi connectivity index (χ3n) is 4.94. The second-order valence-corrected chi connectivity index (χ2v) is 7.16. The second-order valence-electron chi connectivity index (χ2n) is 7.16. The number of rotatable bonds is 9. The normalized spacial score (nSPS) is 12.1. The minimum absolute atomic E-state index is 0. The van der Waals surface area contributed by atoms with E-state index in [1.54, 1.807) is 14.1 Å². The van der Waals surface area contributed by atoms with E-state index in [0.717, 1.165) is 37.6 Å². The van der Waals surface area contributed by atoms with Crippen LogP contribution in [0.4, 0.5) is 0 Å². The molecule has 30 heavy (non-hydrogen) atoms.